The van der Waals surface area contributed by atoms with Gasteiger partial charge in [-0.1, -0.05) is 26.8 Å². The average molecular weight is 498 g/mol. The van der Waals surface area contributed by atoms with E-state index in [2.05, 4.69) is 22.4 Å². The summed E-state index contributed by atoms with van der Waals surface area (Å²) in [5.41, 5.74) is 1.56. The molecule has 0 spiro atoms. The second kappa shape index (κ2) is 16.3. The number of carbonyl (C=O) groups excluding carboxylic acids is 1. The molecule has 9 heteroatoms. The monoisotopic (exact) mass is 497 g/mol. The molecule has 1 aliphatic carbocycles. The Labute approximate surface area is 206 Å². The standard InChI is InChI=1S/C20H30FN3O4S.C3H4.C2H6/c1-4-19(27)24(3)12-15(11-22-18-6-5-14(2)9-17(18)21)23-29(28)20(7-8-20)10-16(26)13-25;1-3-2;1-2/h5-6,9,12,16,22-23,25-26H,4,7-8,10-11,13H2,1-3H3;1H,2H3;1-2H3/b15-12+;;. The van der Waals surface area contributed by atoms with E-state index in [1.807, 2.05) is 13.8 Å². The molecule has 1 aromatic carbocycles. The van der Waals surface area contributed by atoms with Gasteiger partial charge in [-0.05, 0) is 50.8 Å². The van der Waals surface area contributed by atoms with Gasteiger partial charge >= 0.3 is 0 Å². The Hall–Kier alpha value is -2.41. The molecule has 4 N–H and O–H groups in total. The number of aryl methyl sites for hydroxylation is 1. The van der Waals surface area contributed by atoms with Crippen LogP contribution in [0, 0.1) is 25.1 Å². The van der Waals surface area contributed by atoms with Gasteiger partial charge in [-0.25, -0.2) is 8.60 Å². The number of hydrogen-bond acceptors (Lipinski definition) is 5. The Kier molecular flexibility index (Phi) is 15.1. The van der Waals surface area contributed by atoms with Crippen molar-refractivity contribution in [1.29, 1.82) is 0 Å². The number of benzene rings is 1. The van der Waals surface area contributed by atoms with Crippen LogP contribution in [0.1, 0.15) is 58.9 Å². The number of anilines is 1. The van der Waals surface area contributed by atoms with Crippen molar-refractivity contribution in [2.24, 2.45) is 0 Å². The van der Waals surface area contributed by atoms with E-state index in [1.165, 1.54) is 11.0 Å². The van der Waals surface area contributed by atoms with Gasteiger partial charge in [0.1, 0.15) is 16.8 Å². The van der Waals surface area contributed by atoms with Crippen molar-refractivity contribution in [3.8, 4) is 12.3 Å². The SMILES string of the molecule is C#CC.CC.CCC(=O)N(C)/C=C(\CNc1ccc(C)cc1F)NS(=O)C1(CC(O)CO)CC1. The summed E-state index contributed by atoms with van der Waals surface area (Å²) in [7, 11) is 0.0714. The summed E-state index contributed by atoms with van der Waals surface area (Å²) in [6.45, 7) is 8.94. The van der Waals surface area contributed by atoms with Crippen molar-refractivity contribution in [3.63, 3.8) is 0 Å². The van der Waals surface area contributed by atoms with Crippen LogP contribution in [0.25, 0.3) is 0 Å². The third-order valence-electron chi connectivity index (χ3n) is 4.88. The van der Waals surface area contributed by atoms with Crippen LogP contribution in [0.2, 0.25) is 0 Å². The van der Waals surface area contributed by atoms with Gasteiger partial charge in [-0.15, -0.1) is 12.3 Å². The molecule has 0 aromatic heterocycles. The van der Waals surface area contributed by atoms with Crippen LogP contribution in [-0.2, 0) is 15.8 Å². The first kappa shape index (κ1) is 31.6. The van der Waals surface area contributed by atoms with Crippen molar-refractivity contribution >= 4 is 22.6 Å². The first-order valence-corrected chi connectivity index (χ1v) is 12.6. The molecule has 1 saturated carbocycles. The van der Waals surface area contributed by atoms with Gasteiger partial charge in [0.25, 0.3) is 0 Å². The molecule has 0 heterocycles. The minimum absolute atomic E-state index is 0.117. The number of terminal acetylenes is 1. The van der Waals surface area contributed by atoms with Gasteiger partial charge in [-0.3, -0.25) is 4.79 Å². The summed E-state index contributed by atoms with van der Waals surface area (Å²) in [5.74, 6) is 1.74. The molecular weight excluding hydrogens is 457 g/mol. The summed E-state index contributed by atoms with van der Waals surface area (Å²) < 4.78 is 29.3. The van der Waals surface area contributed by atoms with Crippen LogP contribution in [0.15, 0.2) is 30.1 Å². The molecule has 192 valence electrons. The normalized spacial score (nSPS) is 15.2. The zero-order chi connectivity index (χ0) is 26.3. The molecule has 2 atom stereocenters. The van der Waals surface area contributed by atoms with Crippen LogP contribution in [-0.4, -0.2) is 56.3 Å². The van der Waals surface area contributed by atoms with E-state index >= 15 is 0 Å². The van der Waals surface area contributed by atoms with Gasteiger partial charge in [0.15, 0.2) is 0 Å². The summed E-state index contributed by atoms with van der Waals surface area (Å²) in [5, 5.41) is 21.8. The molecule has 1 aliphatic rings. The lowest BCUT2D eigenvalue weighted by Gasteiger charge is -2.22. The van der Waals surface area contributed by atoms with Crippen molar-refractivity contribution in [2.75, 3.05) is 25.5 Å². The largest absolute Gasteiger partial charge is 0.394 e. The van der Waals surface area contributed by atoms with E-state index in [0.717, 1.165) is 5.56 Å². The second-order valence-corrected chi connectivity index (χ2v) is 9.34. The van der Waals surface area contributed by atoms with Crippen LogP contribution in [0.4, 0.5) is 10.1 Å². The fraction of sp³-hybridized carbons (Fsp3) is 0.560. The van der Waals surface area contributed by atoms with Crippen molar-refractivity contribution in [2.45, 2.75) is 71.2 Å². The number of amides is 1. The molecule has 1 fully saturated rings. The van der Waals surface area contributed by atoms with Crippen LogP contribution < -0.4 is 10.0 Å². The summed E-state index contributed by atoms with van der Waals surface area (Å²) in [4.78, 5) is 13.3. The van der Waals surface area contributed by atoms with Crippen molar-refractivity contribution < 1.29 is 23.6 Å². The Bertz CT molecular complexity index is 866. The summed E-state index contributed by atoms with van der Waals surface area (Å²) in [6.07, 6.45) is 7.08. The number of nitrogens with zero attached hydrogens (tertiary/aromatic N) is 1. The third kappa shape index (κ3) is 10.7. The van der Waals surface area contributed by atoms with E-state index in [9.17, 15) is 18.5 Å². The first-order chi connectivity index (χ1) is 16.1. The zero-order valence-corrected chi connectivity index (χ0v) is 22.0. The van der Waals surface area contributed by atoms with Gasteiger partial charge in [-0.2, -0.15) is 0 Å². The third-order valence-corrected chi connectivity index (χ3v) is 6.69. The van der Waals surface area contributed by atoms with Gasteiger partial charge < -0.3 is 25.2 Å². The predicted octanol–water partition coefficient (Wildman–Crippen LogP) is 3.45. The zero-order valence-electron chi connectivity index (χ0n) is 21.2. The smallest absolute Gasteiger partial charge is 0.226 e. The highest BCUT2D eigenvalue weighted by Crippen LogP contribution is 2.45. The molecule has 7 nitrogen and oxygen atoms in total. The minimum atomic E-state index is -1.53. The lowest BCUT2D eigenvalue weighted by Crippen LogP contribution is -2.36. The number of hydrogen-bond donors (Lipinski definition) is 4. The Morgan fingerprint density at radius 1 is 1.41 bits per heavy atom. The highest BCUT2D eigenvalue weighted by Gasteiger charge is 2.50. The molecule has 34 heavy (non-hydrogen) atoms. The van der Waals surface area contributed by atoms with E-state index in [0.29, 0.717) is 30.6 Å². The van der Waals surface area contributed by atoms with E-state index < -0.39 is 27.7 Å². The van der Waals surface area contributed by atoms with E-state index in [4.69, 9.17) is 5.11 Å². The van der Waals surface area contributed by atoms with Gasteiger partial charge in [0.05, 0.1) is 35.4 Å². The van der Waals surface area contributed by atoms with Crippen LogP contribution >= 0.6 is 0 Å². The Balaban J connectivity index is 0.00000201. The molecule has 0 bridgehead atoms. The van der Waals surface area contributed by atoms with Crippen LogP contribution in [0.3, 0.4) is 0 Å². The molecule has 2 rings (SSSR count). The quantitative estimate of drug-likeness (QED) is 0.351. The lowest BCUT2D eigenvalue weighted by atomic mass is 10.2. The first-order valence-electron chi connectivity index (χ1n) is 11.4. The molecule has 1 amide bonds. The van der Waals surface area contributed by atoms with E-state index in [-0.39, 0.29) is 25.5 Å². The predicted molar refractivity (Wildman–Crippen MR) is 138 cm³/mol. The number of carbonyl (C=O) groups is 1. The molecular formula is C25H40FN3O4S. The molecule has 0 saturated heterocycles. The van der Waals surface area contributed by atoms with Crippen LogP contribution in [0.5, 0.6) is 0 Å². The molecule has 0 aliphatic heterocycles. The maximum atomic E-state index is 14.1. The fourth-order valence-corrected chi connectivity index (χ4v) is 4.34. The lowest BCUT2D eigenvalue weighted by molar-refractivity contribution is -0.127. The number of aliphatic hydroxyl groups excluding tert-OH is 2. The number of nitrogens with one attached hydrogen (secondary N) is 2. The molecule has 0 radical (unpaired) electrons. The van der Waals surface area contributed by atoms with Crippen molar-refractivity contribution in [1.82, 2.24) is 9.62 Å². The van der Waals surface area contributed by atoms with Gasteiger partial charge in [0, 0.05) is 19.7 Å². The topological polar surface area (TPSA) is 102 Å². The Morgan fingerprint density at radius 3 is 2.47 bits per heavy atom. The maximum Gasteiger partial charge on any atom is 0.226 e. The second-order valence-electron chi connectivity index (χ2n) is 7.73. The van der Waals surface area contributed by atoms with Crippen molar-refractivity contribution in [3.05, 3.63) is 41.5 Å². The molecule has 2 unspecified atom stereocenters. The minimum Gasteiger partial charge on any atom is -0.394 e. The maximum absolute atomic E-state index is 14.1. The number of aliphatic hydroxyl groups is 2. The number of rotatable bonds is 11. The van der Waals surface area contributed by atoms with Gasteiger partial charge in [0.2, 0.25) is 5.91 Å². The highest BCUT2D eigenvalue weighted by atomic mass is 32.2. The Morgan fingerprint density at radius 2 is 2.00 bits per heavy atom. The fourth-order valence-electron chi connectivity index (χ4n) is 2.94. The average Bonchev–Trinajstić information content (AvgIpc) is 3.60. The summed E-state index contributed by atoms with van der Waals surface area (Å²) >= 11 is 0. The highest BCUT2D eigenvalue weighted by molar-refractivity contribution is 7.85. The molecule has 1 aromatic rings. The number of halogens is 1. The van der Waals surface area contributed by atoms with E-state index in [1.54, 1.807) is 46.2 Å². The summed E-state index contributed by atoms with van der Waals surface area (Å²) in [6, 6.07) is 4.82.